The Morgan fingerprint density at radius 1 is 0.920 bits per heavy atom. The van der Waals surface area contributed by atoms with Gasteiger partial charge in [-0.05, 0) is 23.8 Å². The van der Waals surface area contributed by atoms with E-state index >= 15 is 0 Å². The summed E-state index contributed by atoms with van der Waals surface area (Å²) in [7, 11) is -2.34. The monoisotopic (exact) mass is 373 g/mol. The van der Waals surface area contributed by atoms with Crippen LogP contribution in [0.5, 0.6) is 5.75 Å². The van der Waals surface area contributed by atoms with Crippen LogP contribution in [-0.2, 0) is 10.0 Å². The lowest BCUT2D eigenvalue weighted by Gasteiger charge is -2.14. The third-order valence-electron chi connectivity index (χ3n) is 3.68. The number of sulfonamides is 1. The topological polar surface area (TPSA) is 55.4 Å². The molecule has 3 aromatic carbocycles. The van der Waals surface area contributed by atoms with Gasteiger partial charge in [0.1, 0.15) is 10.6 Å². The second-order valence-corrected chi connectivity index (χ2v) is 7.37. The molecule has 0 amide bonds. The van der Waals surface area contributed by atoms with E-state index in [9.17, 15) is 8.42 Å². The zero-order chi connectivity index (χ0) is 17.9. The molecule has 0 unspecified atom stereocenters. The molecule has 6 heteroatoms. The predicted octanol–water partition coefficient (Wildman–Crippen LogP) is 4.82. The summed E-state index contributed by atoms with van der Waals surface area (Å²) in [5.74, 6) is 0.494. The predicted molar refractivity (Wildman–Crippen MR) is 101 cm³/mol. The van der Waals surface area contributed by atoms with Crippen molar-refractivity contribution >= 4 is 27.3 Å². The van der Waals surface area contributed by atoms with Crippen LogP contribution in [0.3, 0.4) is 0 Å². The molecule has 25 heavy (non-hydrogen) atoms. The Morgan fingerprint density at radius 2 is 1.60 bits per heavy atom. The fourth-order valence-corrected chi connectivity index (χ4v) is 4.08. The van der Waals surface area contributed by atoms with E-state index in [1.165, 1.54) is 19.2 Å². The van der Waals surface area contributed by atoms with Crippen molar-refractivity contribution in [3.05, 3.63) is 77.8 Å². The number of para-hydroxylation sites is 1. The van der Waals surface area contributed by atoms with Gasteiger partial charge in [0.15, 0.2) is 0 Å². The lowest BCUT2D eigenvalue weighted by Crippen LogP contribution is -2.14. The molecule has 0 aliphatic heterocycles. The van der Waals surface area contributed by atoms with Gasteiger partial charge in [-0.1, -0.05) is 60.1 Å². The van der Waals surface area contributed by atoms with Crippen molar-refractivity contribution in [2.24, 2.45) is 0 Å². The number of hydrogen-bond acceptors (Lipinski definition) is 3. The van der Waals surface area contributed by atoms with E-state index in [4.69, 9.17) is 16.3 Å². The fraction of sp³-hybridized carbons (Fsp3) is 0.0526. The van der Waals surface area contributed by atoms with Gasteiger partial charge < -0.3 is 4.74 Å². The van der Waals surface area contributed by atoms with Crippen molar-refractivity contribution in [2.45, 2.75) is 4.90 Å². The first-order valence-electron chi connectivity index (χ1n) is 7.52. The first-order valence-corrected chi connectivity index (χ1v) is 9.38. The van der Waals surface area contributed by atoms with Gasteiger partial charge >= 0.3 is 0 Å². The van der Waals surface area contributed by atoms with E-state index in [1.807, 2.05) is 42.5 Å². The standard InChI is InChI=1S/C19H16ClNO3S/c1-24-15-11-12-19(17(20)13-15)25(22,23)21-18-10-6-5-9-16(18)14-7-3-2-4-8-14/h2-13,21H,1H3. The zero-order valence-electron chi connectivity index (χ0n) is 13.4. The van der Waals surface area contributed by atoms with Crippen LogP contribution in [0.1, 0.15) is 0 Å². The van der Waals surface area contributed by atoms with Crippen molar-refractivity contribution in [3.63, 3.8) is 0 Å². The number of hydrogen-bond donors (Lipinski definition) is 1. The highest BCUT2D eigenvalue weighted by Gasteiger charge is 2.20. The van der Waals surface area contributed by atoms with Gasteiger partial charge in [0.05, 0.1) is 17.8 Å². The van der Waals surface area contributed by atoms with E-state index in [0.717, 1.165) is 11.1 Å². The minimum Gasteiger partial charge on any atom is -0.497 e. The third-order valence-corrected chi connectivity index (χ3v) is 5.53. The summed E-state index contributed by atoms with van der Waals surface area (Å²) >= 11 is 6.12. The normalized spacial score (nSPS) is 11.1. The maximum Gasteiger partial charge on any atom is 0.263 e. The molecule has 0 aromatic heterocycles. The second kappa shape index (κ2) is 7.17. The van der Waals surface area contributed by atoms with Crippen LogP contribution in [0, 0.1) is 0 Å². The van der Waals surface area contributed by atoms with Crippen molar-refractivity contribution in [2.75, 3.05) is 11.8 Å². The van der Waals surface area contributed by atoms with Gasteiger partial charge in [-0.3, -0.25) is 4.72 Å². The van der Waals surface area contributed by atoms with E-state index < -0.39 is 10.0 Å². The SMILES string of the molecule is COc1ccc(S(=O)(=O)Nc2ccccc2-c2ccccc2)c(Cl)c1. The van der Waals surface area contributed by atoms with Crippen molar-refractivity contribution in [1.82, 2.24) is 0 Å². The molecule has 0 saturated heterocycles. The molecule has 0 heterocycles. The van der Waals surface area contributed by atoms with Gasteiger partial charge in [-0.2, -0.15) is 0 Å². The van der Waals surface area contributed by atoms with Gasteiger partial charge in [0.25, 0.3) is 10.0 Å². The highest BCUT2D eigenvalue weighted by Crippen LogP contribution is 2.32. The summed E-state index contributed by atoms with van der Waals surface area (Å²) in [6.07, 6.45) is 0. The zero-order valence-corrected chi connectivity index (χ0v) is 15.0. The Bertz CT molecular complexity index is 989. The summed E-state index contributed by atoms with van der Waals surface area (Å²) in [4.78, 5) is -0.00201. The molecule has 4 nitrogen and oxygen atoms in total. The highest BCUT2D eigenvalue weighted by molar-refractivity contribution is 7.92. The second-order valence-electron chi connectivity index (χ2n) is 5.31. The minimum atomic E-state index is -3.84. The number of methoxy groups -OCH3 is 1. The molecule has 3 aromatic rings. The number of nitrogens with one attached hydrogen (secondary N) is 1. The van der Waals surface area contributed by atoms with Crippen LogP contribution in [0.2, 0.25) is 5.02 Å². The third kappa shape index (κ3) is 3.78. The Hall–Kier alpha value is -2.50. The number of rotatable bonds is 5. The maximum atomic E-state index is 12.8. The van der Waals surface area contributed by atoms with Gasteiger partial charge in [0, 0.05) is 11.6 Å². The Kier molecular flexibility index (Phi) is 4.97. The molecule has 0 aliphatic carbocycles. The largest absolute Gasteiger partial charge is 0.497 e. The van der Waals surface area contributed by atoms with Gasteiger partial charge in [-0.15, -0.1) is 0 Å². The van der Waals surface area contributed by atoms with E-state index in [0.29, 0.717) is 11.4 Å². The summed E-state index contributed by atoms with van der Waals surface area (Å²) in [6, 6.07) is 21.2. The number of ether oxygens (including phenoxy) is 1. The number of anilines is 1. The van der Waals surface area contributed by atoms with E-state index in [1.54, 1.807) is 18.2 Å². The average Bonchev–Trinajstić information content (AvgIpc) is 2.62. The molecule has 0 spiro atoms. The smallest absolute Gasteiger partial charge is 0.263 e. The molecule has 0 atom stereocenters. The molecule has 0 aliphatic rings. The van der Waals surface area contributed by atoms with Crippen molar-refractivity contribution in [3.8, 4) is 16.9 Å². The van der Waals surface area contributed by atoms with E-state index in [-0.39, 0.29) is 9.92 Å². The molecule has 3 rings (SSSR count). The summed E-state index contributed by atoms with van der Waals surface area (Å²) in [5.41, 5.74) is 2.19. The molecular formula is C19H16ClNO3S. The molecular weight excluding hydrogens is 358 g/mol. The number of benzene rings is 3. The Labute approximate surface area is 152 Å². The Morgan fingerprint density at radius 3 is 2.28 bits per heavy atom. The van der Waals surface area contributed by atoms with Crippen LogP contribution in [0.15, 0.2) is 77.7 Å². The average molecular weight is 374 g/mol. The van der Waals surface area contributed by atoms with Gasteiger partial charge in [-0.25, -0.2) is 8.42 Å². The molecule has 0 fully saturated rings. The van der Waals surface area contributed by atoms with Gasteiger partial charge in [0.2, 0.25) is 0 Å². The molecule has 128 valence electrons. The van der Waals surface area contributed by atoms with Crippen LogP contribution < -0.4 is 9.46 Å². The first-order chi connectivity index (χ1) is 12.0. The fourth-order valence-electron chi connectivity index (χ4n) is 2.47. The summed E-state index contributed by atoms with van der Waals surface area (Å²) < 4.78 is 33.2. The molecule has 1 N–H and O–H groups in total. The number of halogens is 1. The first kappa shape index (κ1) is 17.3. The van der Waals surface area contributed by atoms with Crippen LogP contribution >= 0.6 is 11.6 Å². The summed E-state index contributed by atoms with van der Waals surface area (Å²) in [6.45, 7) is 0. The lowest BCUT2D eigenvalue weighted by molar-refractivity contribution is 0.414. The highest BCUT2D eigenvalue weighted by atomic mass is 35.5. The molecule has 0 bridgehead atoms. The quantitative estimate of drug-likeness (QED) is 0.697. The lowest BCUT2D eigenvalue weighted by atomic mass is 10.0. The minimum absolute atomic E-state index is 0.00201. The maximum absolute atomic E-state index is 12.8. The van der Waals surface area contributed by atoms with Crippen LogP contribution in [-0.4, -0.2) is 15.5 Å². The van der Waals surface area contributed by atoms with Crippen LogP contribution in [0.25, 0.3) is 11.1 Å². The Balaban J connectivity index is 2.00. The van der Waals surface area contributed by atoms with Crippen LogP contribution in [0.4, 0.5) is 5.69 Å². The summed E-state index contributed by atoms with van der Waals surface area (Å²) in [5, 5.41) is 0.101. The molecule has 0 saturated carbocycles. The van der Waals surface area contributed by atoms with Crippen molar-refractivity contribution in [1.29, 1.82) is 0 Å². The molecule has 0 radical (unpaired) electrons. The van der Waals surface area contributed by atoms with E-state index in [2.05, 4.69) is 4.72 Å². The van der Waals surface area contributed by atoms with Crippen molar-refractivity contribution < 1.29 is 13.2 Å².